The number of hydrogen-bond acceptors (Lipinski definition) is 3. The topological polar surface area (TPSA) is 75.2 Å². The Hall–Kier alpha value is -4.68. The summed E-state index contributed by atoms with van der Waals surface area (Å²) < 4.78 is 2.04. The van der Waals surface area contributed by atoms with Gasteiger partial charge in [0, 0.05) is 41.0 Å². The van der Waals surface area contributed by atoms with E-state index in [1.54, 1.807) is 0 Å². The van der Waals surface area contributed by atoms with Crippen LogP contribution in [-0.2, 0) is 17.8 Å². The molecule has 6 nitrogen and oxygen atoms in total. The van der Waals surface area contributed by atoms with E-state index in [9.17, 15) is 9.59 Å². The molecule has 0 aliphatic carbocycles. The largest absolute Gasteiger partial charge is 0.351 e. The Bertz CT molecular complexity index is 1790. The van der Waals surface area contributed by atoms with Crippen LogP contribution < -0.4 is 16.0 Å². The van der Waals surface area contributed by atoms with Gasteiger partial charge >= 0.3 is 0 Å². The van der Waals surface area contributed by atoms with Crippen LogP contribution in [0.15, 0.2) is 115 Å². The molecule has 1 aliphatic rings. The number of piperidine rings is 1. The highest BCUT2D eigenvalue weighted by Gasteiger charge is 2.39. The number of nitrogens with one attached hydrogen (secondary N) is 3. The van der Waals surface area contributed by atoms with Crippen molar-refractivity contribution >= 4 is 22.7 Å². The maximum Gasteiger partial charge on any atom is 0.268 e. The van der Waals surface area contributed by atoms with Crippen molar-refractivity contribution < 1.29 is 9.59 Å². The summed E-state index contributed by atoms with van der Waals surface area (Å²) in [7, 11) is 0. The molecule has 0 spiro atoms. The molecule has 4 aromatic carbocycles. The average molecular weight is 613 g/mol. The highest BCUT2D eigenvalue weighted by Crippen LogP contribution is 2.29. The number of para-hydroxylation sites is 1. The lowest BCUT2D eigenvalue weighted by Crippen LogP contribution is -2.63. The minimum atomic E-state index is -0.751. The fourth-order valence-corrected chi connectivity index (χ4v) is 7.20. The second-order valence-corrected chi connectivity index (χ2v) is 14.0. The normalized spacial score (nSPS) is 16.5. The number of amides is 2. The van der Waals surface area contributed by atoms with E-state index in [0.29, 0.717) is 18.7 Å². The second kappa shape index (κ2) is 13.0. The lowest BCUT2D eigenvalue weighted by Gasteiger charge is -2.46. The predicted molar refractivity (Wildman–Crippen MR) is 187 cm³/mol. The molecule has 2 amide bonds. The molecule has 1 unspecified atom stereocenters. The van der Waals surface area contributed by atoms with Crippen molar-refractivity contribution in [3.63, 3.8) is 0 Å². The van der Waals surface area contributed by atoms with Gasteiger partial charge < -0.3 is 20.5 Å². The van der Waals surface area contributed by atoms with Crippen molar-refractivity contribution in [3.05, 3.63) is 132 Å². The number of hydrogen-bond donors (Lipinski definition) is 3. The quantitative estimate of drug-likeness (QED) is 0.166. The molecule has 1 aromatic heterocycles. The van der Waals surface area contributed by atoms with Gasteiger partial charge in [0.1, 0.15) is 11.7 Å². The molecule has 1 saturated heterocycles. The van der Waals surface area contributed by atoms with E-state index < -0.39 is 6.04 Å². The van der Waals surface area contributed by atoms with Crippen molar-refractivity contribution in [2.24, 2.45) is 0 Å². The summed E-state index contributed by atoms with van der Waals surface area (Å²) in [4.78, 5) is 28.2. The van der Waals surface area contributed by atoms with Gasteiger partial charge in [-0.3, -0.25) is 9.59 Å². The van der Waals surface area contributed by atoms with E-state index >= 15 is 0 Å². The van der Waals surface area contributed by atoms with E-state index in [-0.39, 0.29) is 28.9 Å². The first-order valence-corrected chi connectivity index (χ1v) is 16.2. The summed E-state index contributed by atoms with van der Waals surface area (Å²) in [6.07, 6.45) is 1.99. The van der Waals surface area contributed by atoms with E-state index in [1.165, 1.54) is 0 Å². The zero-order valence-electron chi connectivity index (χ0n) is 27.2. The monoisotopic (exact) mass is 612 g/mol. The Balaban J connectivity index is 1.29. The fourth-order valence-electron chi connectivity index (χ4n) is 7.20. The van der Waals surface area contributed by atoms with Crippen molar-refractivity contribution in [2.75, 3.05) is 0 Å². The van der Waals surface area contributed by atoms with Crippen molar-refractivity contribution in [1.29, 1.82) is 0 Å². The van der Waals surface area contributed by atoms with E-state index in [0.717, 1.165) is 46.0 Å². The van der Waals surface area contributed by atoms with Crippen LogP contribution in [0.4, 0.5) is 0 Å². The summed E-state index contributed by atoms with van der Waals surface area (Å²) in [6, 6.07) is 37.8. The molecule has 6 rings (SSSR count). The van der Waals surface area contributed by atoms with Gasteiger partial charge in [-0.15, -0.1) is 0 Å². The third kappa shape index (κ3) is 7.40. The number of rotatable bonds is 9. The molecule has 6 heteroatoms. The Morgan fingerprint density at radius 1 is 0.761 bits per heavy atom. The van der Waals surface area contributed by atoms with Gasteiger partial charge in [0.15, 0.2) is 0 Å². The van der Waals surface area contributed by atoms with Gasteiger partial charge in [-0.25, -0.2) is 0 Å². The first-order chi connectivity index (χ1) is 22.1. The van der Waals surface area contributed by atoms with Crippen LogP contribution in [0.1, 0.15) is 62.2 Å². The van der Waals surface area contributed by atoms with Crippen LogP contribution in [0, 0.1) is 0 Å². The van der Waals surface area contributed by atoms with E-state index in [2.05, 4.69) is 92.2 Å². The van der Waals surface area contributed by atoms with Gasteiger partial charge in [-0.1, -0.05) is 103 Å². The molecule has 3 N–H and O–H groups in total. The third-order valence-electron chi connectivity index (χ3n) is 8.89. The van der Waals surface area contributed by atoms with Crippen LogP contribution in [-0.4, -0.2) is 39.5 Å². The smallest absolute Gasteiger partial charge is 0.268 e. The zero-order valence-corrected chi connectivity index (χ0v) is 27.2. The highest BCUT2D eigenvalue weighted by molar-refractivity contribution is 6.01. The van der Waals surface area contributed by atoms with Crippen LogP contribution in [0.5, 0.6) is 0 Å². The Morgan fingerprint density at radius 3 is 2.02 bits per heavy atom. The van der Waals surface area contributed by atoms with Gasteiger partial charge in [-0.2, -0.15) is 0 Å². The first kappa shape index (κ1) is 31.3. The Morgan fingerprint density at radius 2 is 1.35 bits per heavy atom. The molecule has 1 fully saturated rings. The lowest BCUT2D eigenvalue weighted by atomic mass is 9.79. The molecule has 0 saturated carbocycles. The molecule has 1 aliphatic heterocycles. The summed E-state index contributed by atoms with van der Waals surface area (Å²) in [6.45, 7) is 9.24. The number of carbonyl (C=O) groups excluding carboxylic acids is 2. The summed E-state index contributed by atoms with van der Waals surface area (Å²) in [5, 5.41) is 11.2. The zero-order chi connectivity index (χ0) is 32.3. The summed E-state index contributed by atoms with van der Waals surface area (Å²) in [5.41, 5.74) is 5.60. The summed E-state index contributed by atoms with van der Waals surface area (Å²) in [5.74, 6) is -0.427. The molecule has 0 bridgehead atoms. The number of carbonyl (C=O) groups is 2. The minimum Gasteiger partial charge on any atom is -0.351 e. The molecule has 2 heterocycles. The number of nitrogens with zero attached hydrogens (tertiary/aromatic N) is 1. The van der Waals surface area contributed by atoms with Gasteiger partial charge in [0.2, 0.25) is 5.91 Å². The molecule has 1 atom stereocenters. The number of aromatic nitrogens is 1. The minimum absolute atomic E-state index is 0.0110. The number of fused-ring (bicyclic) bond motifs is 1. The Kier molecular flexibility index (Phi) is 8.83. The highest BCUT2D eigenvalue weighted by atomic mass is 16.2. The van der Waals surface area contributed by atoms with Crippen LogP contribution >= 0.6 is 0 Å². The fraction of sp³-hybridized carbons (Fsp3) is 0.300. The first-order valence-electron chi connectivity index (χ1n) is 16.2. The van der Waals surface area contributed by atoms with E-state index in [4.69, 9.17) is 0 Å². The van der Waals surface area contributed by atoms with Crippen molar-refractivity contribution in [2.45, 2.75) is 76.7 Å². The Labute approximate surface area is 272 Å². The van der Waals surface area contributed by atoms with Crippen molar-refractivity contribution in [1.82, 2.24) is 20.5 Å². The van der Waals surface area contributed by atoms with Crippen molar-refractivity contribution in [3.8, 4) is 11.1 Å². The van der Waals surface area contributed by atoms with Crippen LogP contribution in [0.3, 0.4) is 0 Å². The molecule has 0 radical (unpaired) electrons. The van der Waals surface area contributed by atoms with Crippen LogP contribution in [0.2, 0.25) is 0 Å². The maximum absolute atomic E-state index is 14.1. The lowest BCUT2D eigenvalue weighted by molar-refractivity contribution is -0.124. The third-order valence-corrected chi connectivity index (χ3v) is 8.89. The van der Waals surface area contributed by atoms with Gasteiger partial charge in [0.05, 0.1) is 0 Å². The van der Waals surface area contributed by atoms with Gasteiger partial charge in [-0.05, 0) is 74.9 Å². The maximum atomic E-state index is 14.1. The molecule has 5 aromatic rings. The van der Waals surface area contributed by atoms with E-state index in [1.807, 2.05) is 71.3 Å². The molecular formula is C40H44N4O2. The SMILES string of the molecule is CC1(C)CC(NC(=O)C(Cc2ccc(-c3ccccc3)cc2)NC(=O)c2cc3ccccc3n2Cc2ccccc2)CC(C)(C)N1. The van der Waals surface area contributed by atoms with Gasteiger partial charge in [0.25, 0.3) is 5.91 Å². The second-order valence-electron chi connectivity index (χ2n) is 14.0. The molecule has 236 valence electrons. The standard InChI is InChI=1S/C40H44N4O2/c1-39(2)25-33(26-40(3,4)43-39)41-37(45)34(23-28-19-21-31(22-20-28)30-15-9-6-10-16-30)42-38(46)36-24-32-17-11-12-18-35(32)44(36)27-29-13-7-5-8-14-29/h5-22,24,33-34,43H,23,25-27H2,1-4H3,(H,41,45)(H,42,46). The van der Waals surface area contributed by atoms with Crippen LogP contribution in [0.25, 0.3) is 22.0 Å². The predicted octanol–water partition coefficient (Wildman–Crippen LogP) is 7.12. The average Bonchev–Trinajstić information content (AvgIpc) is 3.39. The molecular weight excluding hydrogens is 568 g/mol. The summed E-state index contributed by atoms with van der Waals surface area (Å²) >= 11 is 0. The number of benzene rings is 4. The molecule has 46 heavy (non-hydrogen) atoms.